The maximum Gasteiger partial charge on any atom is 0.0726 e. The second-order valence-corrected chi connectivity index (χ2v) is 27.2. The molecule has 4 bridgehead atoms. The van der Waals surface area contributed by atoms with E-state index in [0.29, 0.717) is 11.8 Å². The van der Waals surface area contributed by atoms with Crippen LogP contribution in [-0.4, -0.2) is 0 Å². The Balaban J connectivity index is 0.938. The lowest BCUT2D eigenvalue weighted by Crippen LogP contribution is -2.55. The number of rotatable bonds is 4. The predicted molar refractivity (Wildman–Crippen MR) is 321 cm³/mol. The van der Waals surface area contributed by atoms with Gasteiger partial charge in [0.25, 0.3) is 0 Å². The van der Waals surface area contributed by atoms with E-state index >= 15 is 0 Å². The Morgan fingerprint density at radius 3 is 1.51 bits per heavy atom. The smallest absolute Gasteiger partial charge is 0.0726 e. The second kappa shape index (κ2) is 15.5. The third-order valence-corrected chi connectivity index (χ3v) is 21.0. The summed E-state index contributed by atoms with van der Waals surface area (Å²) in [4.78, 5) is 2.67. The third-order valence-electron chi connectivity index (χ3n) is 21.0. The van der Waals surface area contributed by atoms with Crippen LogP contribution in [0.1, 0.15) is 143 Å². The minimum atomic E-state index is -0.489. The summed E-state index contributed by atoms with van der Waals surface area (Å²) in [7, 11) is 0. The van der Waals surface area contributed by atoms with Crippen LogP contribution >= 0.6 is 0 Å². The van der Waals surface area contributed by atoms with Crippen LogP contribution in [0.2, 0.25) is 0 Å². The fourth-order valence-electron chi connectivity index (χ4n) is 17.9. The minimum Gasteiger partial charge on any atom is -0.310 e. The van der Waals surface area contributed by atoms with Crippen molar-refractivity contribution >= 4 is 17.1 Å². The molecule has 0 aliphatic heterocycles. The van der Waals surface area contributed by atoms with E-state index < -0.39 is 5.41 Å². The van der Waals surface area contributed by atoms with E-state index in [0.717, 1.165) is 11.8 Å². The molecule has 4 saturated carbocycles. The highest BCUT2D eigenvalue weighted by atomic mass is 15.1. The van der Waals surface area contributed by atoms with E-state index in [1.165, 1.54) is 149 Å². The second-order valence-electron chi connectivity index (χ2n) is 27.2. The molecule has 2 spiro atoms. The first-order chi connectivity index (χ1) is 37.2. The molecule has 9 aromatic rings. The number of hydrogen-bond donors (Lipinski definition) is 0. The number of nitrogens with zero attached hydrogens (tertiary/aromatic N) is 1. The fourth-order valence-corrected chi connectivity index (χ4v) is 17.9. The quantitative estimate of drug-likeness (QED) is 0.170. The summed E-state index contributed by atoms with van der Waals surface area (Å²) in [5, 5.41) is 0. The van der Waals surface area contributed by atoms with Crippen LogP contribution in [0.15, 0.2) is 188 Å². The highest BCUT2D eigenvalue weighted by Gasteiger charge is 2.62. The molecule has 0 aromatic heterocycles. The Bertz CT molecular complexity index is 3900. The van der Waals surface area contributed by atoms with E-state index in [2.05, 4.69) is 248 Å². The Labute approximate surface area is 457 Å². The Hall–Kier alpha value is -7.22. The van der Waals surface area contributed by atoms with E-state index in [9.17, 15) is 0 Å². The van der Waals surface area contributed by atoms with E-state index in [1.807, 2.05) is 0 Å². The minimum absolute atomic E-state index is 0.00945. The molecule has 8 aliphatic carbocycles. The summed E-state index contributed by atoms with van der Waals surface area (Å²) in [5.41, 5.74) is 31.1. The average Bonchev–Trinajstić information content (AvgIpc) is 4.17. The van der Waals surface area contributed by atoms with Crippen LogP contribution in [0.25, 0.3) is 55.6 Å². The van der Waals surface area contributed by atoms with Gasteiger partial charge < -0.3 is 4.90 Å². The van der Waals surface area contributed by atoms with Crippen molar-refractivity contribution in [3.8, 4) is 55.6 Å². The Kier molecular flexibility index (Phi) is 9.25. The van der Waals surface area contributed by atoms with Gasteiger partial charge in [0, 0.05) is 27.8 Å². The summed E-state index contributed by atoms with van der Waals surface area (Å²) < 4.78 is 0. The maximum atomic E-state index is 2.70. The van der Waals surface area contributed by atoms with Gasteiger partial charge >= 0.3 is 0 Å². The van der Waals surface area contributed by atoms with Gasteiger partial charge in [-0.1, -0.05) is 213 Å². The molecular formula is C76H69N. The molecule has 0 saturated heterocycles. The third kappa shape index (κ3) is 5.96. The van der Waals surface area contributed by atoms with Crippen molar-refractivity contribution in [1.29, 1.82) is 0 Å². The standard InChI is InChI=1S/C76H69N/c1-72(2,3)48-29-35-65-60(42-48)61-43-49(73(4,5)6)30-36-66(61)76(65)64-24-14-11-19-59(64)70-67(76)25-16-26-69(70)77(52-31-27-47(28-32-52)54-20-15-21-58-56-18-9-12-22-62(56)74(7,8)71(54)58)53-33-34-57-55-17-10-13-23-63(55)75(68(57)44-53)50-38-45-37-46(40-50)41-51(75)39-45/h9-36,42-46,50-51H,37-41H2,1-8H3. The van der Waals surface area contributed by atoms with Gasteiger partial charge in [-0.2, -0.15) is 0 Å². The highest BCUT2D eigenvalue weighted by molar-refractivity contribution is 6.02. The first-order valence-electron chi connectivity index (χ1n) is 29.1. The van der Waals surface area contributed by atoms with E-state index in [1.54, 1.807) is 11.1 Å². The monoisotopic (exact) mass is 996 g/mol. The molecule has 0 amide bonds. The molecule has 17 rings (SSSR count). The van der Waals surface area contributed by atoms with Crippen molar-refractivity contribution < 1.29 is 0 Å². The number of benzene rings is 9. The largest absolute Gasteiger partial charge is 0.310 e. The van der Waals surface area contributed by atoms with Gasteiger partial charge in [0.1, 0.15) is 0 Å². The molecule has 0 unspecified atom stereocenters. The van der Waals surface area contributed by atoms with Gasteiger partial charge in [0.15, 0.2) is 0 Å². The number of fused-ring (bicyclic) bond motifs is 16. The number of hydrogen-bond acceptors (Lipinski definition) is 1. The van der Waals surface area contributed by atoms with E-state index in [4.69, 9.17) is 0 Å². The molecule has 0 heterocycles. The zero-order chi connectivity index (χ0) is 52.1. The van der Waals surface area contributed by atoms with Crippen molar-refractivity contribution in [1.82, 2.24) is 0 Å². The van der Waals surface area contributed by atoms with Crippen LogP contribution in [0.5, 0.6) is 0 Å². The first-order valence-corrected chi connectivity index (χ1v) is 29.1. The molecule has 4 fully saturated rings. The Morgan fingerprint density at radius 1 is 0.377 bits per heavy atom. The normalized spacial score (nSPS) is 22.5. The summed E-state index contributed by atoms with van der Waals surface area (Å²) in [6.07, 6.45) is 6.91. The molecule has 1 heteroatoms. The van der Waals surface area contributed by atoms with Crippen LogP contribution in [-0.2, 0) is 27.1 Å². The molecule has 0 radical (unpaired) electrons. The van der Waals surface area contributed by atoms with Crippen LogP contribution < -0.4 is 4.90 Å². The molecule has 1 nitrogen and oxygen atoms in total. The molecular weight excluding hydrogens is 927 g/mol. The van der Waals surface area contributed by atoms with Crippen molar-refractivity contribution in [2.24, 2.45) is 23.7 Å². The van der Waals surface area contributed by atoms with Gasteiger partial charge in [0.05, 0.1) is 11.1 Å². The zero-order valence-corrected chi connectivity index (χ0v) is 46.2. The first kappa shape index (κ1) is 45.9. The van der Waals surface area contributed by atoms with Crippen LogP contribution in [0.4, 0.5) is 17.1 Å². The summed E-state index contributed by atoms with van der Waals surface area (Å²) in [5.74, 6) is 3.13. The SMILES string of the molecule is CC(C)(C)c1ccc2c(c1)-c1cc(C(C)(C)C)ccc1C21c2ccccc2-c2c(N(c3ccc(-c4cccc5c4C(C)(C)c4ccccc4-5)cc3)c3ccc4c(c3)C3(c5ccccc5-4)C4CC5CC(C4)CC3C5)cccc21. The van der Waals surface area contributed by atoms with Crippen molar-refractivity contribution in [3.63, 3.8) is 0 Å². The Morgan fingerprint density at radius 2 is 0.870 bits per heavy atom. The van der Waals surface area contributed by atoms with Gasteiger partial charge in [-0.25, -0.2) is 0 Å². The summed E-state index contributed by atoms with van der Waals surface area (Å²) in [6.45, 7) is 19.0. The van der Waals surface area contributed by atoms with Gasteiger partial charge in [-0.05, 0) is 203 Å². The van der Waals surface area contributed by atoms with Crippen molar-refractivity contribution in [3.05, 3.63) is 244 Å². The molecule has 9 aromatic carbocycles. The molecule has 8 aliphatic rings. The van der Waals surface area contributed by atoms with Crippen LogP contribution in [0.3, 0.4) is 0 Å². The maximum absolute atomic E-state index is 2.70. The molecule has 0 N–H and O–H groups in total. The lowest BCUT2D eigenvalue weighted by atomic mass is 9.43. The number of anilines is 3. The van der Waals surface area contributed by atoms with Crippen molar-refractivity contribution in [2.75, 3.05) is 4.90 Å². The highest BCUT2D eigenvalue weighted by Crippen LogP contribution is 2.71. The van der Waals surface area contributed by atoms with Crippen LogP contribution in [0, 0.1) is 23.7 Å². The zero-order valence-electron chi connectivity index (χ0n) is 46.2. The molecule has 77 heavy (non-hydrogen) atoms. The topological polar surface area (TPSA) is 3.24 Å². The average molecular weight is 996 g/mol. The predicted octanol–water partition coefficient (Wildman–Crippen LogP) is 19.8. The molecule has 378 valence electrons. The van der Waals surface area contributed by atoms with Gasteiger partial charge in [0.2, 0.25) is 0 Å². The van der Waals surface area contributed by atoms with Crippen molar-refractivity contribution in [2.45, 2.75) is 115 Å². The van der Waals surface area contributed by atoms with Gasteiger partial charge in [-0.15, -0.1) is 0 Å². The van der Waals surface area contributed by atoms with E-state index in [-0.39, 0.29) is 21.7 Å². The summed E-state index contributed by atoms with van der Waals surface area (Å²) >= 11 is 0. The lowest BCUT2D eigenvalue weighted by Gasteiger charge is -2.61. The molecule has 0 atom stereocenters. The lowest BCUT2D eigenvalue weighted by molar-refractivity contribution is -0.0399. The van der Waals surface area contributed by atoms with Gasteiger partial charge in [-0.3, -0.25) is 0 Å². The fraction of sp³-hybridized carbons (Fsp3) is 0.289. The summed E-state index contributed by atoms with van der Waals surface area (Å²) in [6, 6.07) is 74.7.